The standard InChI is InChI=1S/C28H26N6/c1-18-30-31-28-27-14-22(20-7-5-19(15-29)6-8-20)16-32(27)17-23-13-24(9-10-26(23)34(18)28)33-12-11-21-3-2-4-25(21)33/h5-10,13-14,16,21,25H,2-4,11-12,17H2,1H3/t21-,25+/m1/s1. The molecule has 0 spiro atoms. The van der Waals surface area contributed by atoms with Gasteiger partial charge in [-0.3, -0.25) is 4.57 Å². The van der Waals surface area contributed by atoms with E-state index in [-0.39, 0.29) is 0 Å². The lowest BCUT2D eigenvalue weighted by atomic mass is 10.0. The van der Waals surface area contributed by atoms with E-state index in [1.54, 1.807) is 0 Å². The van der Waals surface area contributed by atoms with Gasteiger partial charge in [0.25, 0.3) is 0 Å². The van der Waals surface area contributed by atoms with Crippen molar-refractivity contribution in [3.8, 4) is 34.4 Å². The minimum absolute atomic E-state index is 0.674. The Hall–Kier alpha value is -3.85. The smallest absolute Gasteiger partial charge is 0.185 e. The van der Waals surface area contributed by atoms with Crippen LogP contribution in [0.15, 0.2) is 54.7 Å². The van der Waals surface area contributed by atoms with E-state index in [0.29, 0.717) is 11.6 Å². The van der Waals surface area contributed by atoms with Gasteiger partial charge in [-0.2, -0.15) is 5.26 Å². The molecular weight excluding hydrogens is 420 g/mol. The predicted octanol–water partition coefficient (Wildman–Crippen LogP) is 5.32. The topological polar surface area (TPSA) is 62.7 Å². The second kappa shape index (κ2) is 7.33. The van der Waals surface area contributed by atoms with E-state index in [0.717, 1.165) is 40.9 Å². The fourth-order valence-electron chi connectivity index (χ4n) is 6.37. The zero-order valence-electron chi connectivity index (χ0n) is 19.3. The van der Waals surface area contributed by atoms with E-state index in [4.69, 9.17) is 5.26 Å². The molecule has 2 aromatic heterocycles. The van der Waals surface area contributed by atoms with Gasteiger partial charge in [0.2, 0.25) is 0 Å². The van der Waals surface area contributed by atoms with Crippen molar-refractivity contribution in [2.75, 3.05) is 11.4 Å². The van der Waals surface area contributed by atoms with Gasteiger partial charge in [0.1, 0.15) is 5.82 Å². The Kier molecular flexibility index (Phi) is 4.22. The lowest BCUT2D eigenvalue weighted by Gasteiger charge is -2.27. The number of nitrogens with zero attached hydrogens (tertiary/aromatic N) is 6. The molecule has 0 unspecified atom stereocenters. The summed E-state index contributed by atoms with van der Waals surface area (Å²) in [5, 5.41) is 18.2. The SMILES string of the molecule is Cc1nnc2n1-c1ccc(N3CC[C@H]4CCC[C@@H]43)cc1Cn1cc(-c3ccc(C#N)cc3)cc1-2. The maximum absolute atomic E-state index is 9.14. The zero-order valence-corrected chi connectivity index (χ0v) is 19.3. The van der Waals surface area contributed by atoms with Crippen molar-refractivity contribution >= 4 is 5.69 Å². The molecule has 0 N–H and O–H groups in total. The normalized spacial score (nSPS) is 20.3. The summed E-state index contributed by atoms with van der Waals surface area (Å²) in [7, 11) is 0. The van der Waals surface area contributed by atoms with E-state index < -0.39 is 0 Å². The predicted molar refractivity (Wildman–Crippen MR) is 132 cm³/mol. The Morgan fingerprint density at radius 1 is 0.971 bits per heavy atom. The van der Waals surface area contributed by atoms with Crippen LogP contribution in [0.25, 0.3) is 28.3 Å². The van der Waals surface area contributed by atoms with Crippen LogP contribution >= 0.6 is 0 Å². The number of fused-ring (bicyclic) bond motifs is 6. The van der Waals surface area contributed by atoms with Crippen LogP contribution in [-0.2, 0) is 6.54 Å². The van der Waals surface area contributed by atoms with Crippen LogP contribution in [0.1, 0.15) is 42.6 Å². The van der Waals surface area contributed by atoms with E-state index in [9.17, 15) is 0 Å². The summed E-state index contributed by atoms with van der Waals surface area (Å²) in [5.41, 5.74) is 7.78. The summed E-state index contributed by atoms with van der Waals surface area (Å²) < 4.78 is 4.49. The monoisotopic (exact) mass is 446 g/mol. The molecule has 0 radical (unpaired) electrons. The van der Waals surface area contributed by atoms with Crippen molar-refractivity contribution in [3.05, 3.63) is 71.7 Å². The molecule has 168 valence electrons. The van der Waals surface area contributed by atoms with Crippen LogP contribution in [0.3, 0.4) is 0 Å². The lowest BCUT2D eigenvalue weighted by molar-refractivity contribution is 0.541. The van der Waals surface area contributed by atoms with Crippen LogP contribution < -0.4 is 4.90 Å². The highest BCUT2D eigenvalue weighted by molar-refractivity contribution is 5.72. The van der Waals surface area contributed by atoms with Crippen molar-refractivity contribution in [3.63, 3.8) is 0 Å². The fourth-order valence-corrected chi connectivity index (χ4v) is 6.37. The number of aryl methyl sites for hydroxylation is 1. The minimum Gasteiger partial charge on any atom is -0.368 e. The Labute approximate surface area is 199 Å². The molecule has 2 aliphatic heterocycles. The van der Waals surface area contributed by atoms with E-state index in [1.165, 1.54) is 49.2 Å². The Morgan fingerprint density at radius 3 is 2.71 bits per heavy atom. The summed E-state index contributed by atoms with van der Waals surface area (Å²) in [5.74, 6) is 2.65. The Morgan fingerprint density at radius 2 is 1.85 bits per heavy atom. The number of aromatic nitrogens is 4. The number of rotatable bonds is 2. The molecule has 1 saturated heterocycles. The van der Waals surface area contributed by atoms with E-state index in [2.05, 4.69) is 60.8 Å². The summed E-state index contributed by atoms with van der Waals surface area (Å²) >= 11 is 0. The average molecular weight is 447 g/mol. The van der Waals surface area contributed by atoms with Gasteiger partial charge in [-0.05, 0) is 79.6 Å². The second-order valence-corrected chi connectivity index (χ2v) is 9.89. The maximum atomic E-state index is 9.14. The van der Waals surface area contributed by atoms with Gasteiger partial charge in [-0.1, -0.05) is 18.6 Å². The summed E-state index contributed by atoms with van der Waals surface area (Å²) in [6, 6.07) is 19.8. The third-order valence-corrected chi connectivity index (χ3v) is 8.03. The van der Waals surface area contributed by atoms with Gasteiger partial charge in [0.15, 0.2) is 5.82 Å². The van der Waals surface area contributed by atoms with Crippen molar-refractivity contribution in [1.29, 1.82) is 5.26 Å². The maximum Gasteiger partial charge on any atom is 0.185 e. The van der Waals surface area contributed by atoms with Crippen LogP contribution in [0, 0.1) is 24.2 Å². The van der Waals surface area contributed by atoms with E-state index >= 15 is 0 Å². The molecule has 7 rings (SSSR count). The third-order valence-electron chi connectivity index (χ3n) is 8.03. The number of nitriles is 1. The molecular formula is C28H26N6. The first-order chi connectivity index (χ1) is 16.7. The number of hydrogen-bond acceptors (Lipinski definition) is 4. The molecule has 2 atom stereocenters. The summed E-state index contributed by atoms with van der Waals surface area (Å²) in [6.45, 7) is 3.99. The van der Waals surface area contributed by atoms with Crippen LogP contribution in [0.2, 0.25) is 0 Å². The van der Waals surface area contributed by atoms with Gasteiger partial charge < -0.3 is 9.47 Å². The molecule has 4 aromatic rings. The van der Waals surface area contributed by atoms with Crippen LogP contribution in [-0.4, -0.2) is 31.9 Å². The number of anilines is 1. The third kappa shape index (κ3) is 2.86. The summed E-state index contributed by atoms with van der Waals surface area (Å²) in [4.78, 5) is 2.65. The molecule has 6 nitrogen and oxygen atoms in total. The largest absolute Gasteiger partial charge is 0.368 e. The molecule has 2 aromatic carbocycles. The fraction of sp³-hybridized carbons (Fsp3) is 0.321. The highest BCUT2D eigenvalue weighted by Gasteiger charge is 2.37. The highest BCUT2D eigenvalue weighted by Crippen LogP contribution is 2.42. The summed E-state index contributed by atoms with van der Waals surface area (Å²) in [6.07, 6.45) is 7.61. The molecule has 6 heteroatoms. The second-order valence-electron chi connectivity index (χ2n) is 9.89. The Bertz CT molecular complexity index is 1450. The molecule has 2 fully saturated rings. The molecule has 0 bridgehead atoms. The first-order valence-corrected chi connectivity index (χ1v) is 12.2. The minimum atomic E-state index is 0.674. The quantitative estimate of drug-likeness (QED) is 0.368. The van der Waals surface area contributed by atoms with Crippen molar-refractivity contribution in [2.24, 2.45) is 5.92 Å². The molecule has 34 heavy (non-hydrogen) atoms. The number of hydrogen-bond donors (Lipinski definition) is 0. The van der Waals surface area contributed by atoms with Gasteiger partial charge in [-0.25, -0.2) is 0 Å². The molecule has 3 aliphatic rings. The van der Waals surface area contributed by atoms with Crippen molar-refractivity contribution < 1.29 is 0 Å². The lowest BCUT2D eigenvalue weighted by Crippen LogP contribution is -2.29. The van der Waals surface area contributed by atoms with Crippen LogP contribution in [0.5, 0.6) is 0 Å². The zero-order chi connectivity index (χ0) is 22.8. The first-order valence-electron chi connectivity index (χ1n) is 12.2. The van der Waals surface area contributed by atoms with Crippen LogP contribution in [0.4, 0.5) is 5.69 Å². The van der Waals surface area contributed by atoms with Gasteiger partial charge in [0, 0.05) is 36.6 Å². The molecule has 4 heterocycles. The van der Waals surface area contributed by atoms with Crippen molar-refractivity contribution in [2.45, 2.75) is 45.2 Å². The van der Waals surface area contributed by atoms with Crippen molar-refractivity contribution in [1.82, 2.24) is 19.3 Å². The average Bonchev–Trinajstić information content (AvgIpc) is 3.62. The molecule has 1 aliphatic carbocycles. The van der Waals surface area contributed by atoms with Gasteiger partial charge >= 0.3 is 0 Å². The molecule has 1 saturated carbocycles. The Balaban J connectivity index is 1.34. The highest BCUT2D eigenvalue weighted by atomic mass is 15.3. The van der Waals surface area contributed by atoms with Gasteiger partial charge in [0.05, 0.1) is 23.0 Å². The molecule has 0 amide bonds. The van der Waals surface area contributed by atoms with Gasteiger partial charge in [-0.15, -0.1) is 10.2 Å². The van der Waals surface area contributed by atoms with E-state index in [1.807, 2.05) is 31.2 Å². The first kappa shape index (κ1) is 19.6. The number of benzene rings is 2.